The van der Waals surface area contributed by atoms with Gasteiger partial charge in [0.25, 0.3) is 5.91 Å². The Kier molecular flexibility index (Phi) is 5.71. The third-order valence-electron chi connectivity index (χ3n) is 4.46. The molecule has 0 aliphatic carbocycles. The number of phenolic OH excluding ortho intramolecular Hbond substituents is 1. The summed E-state index contributed by atoms with van der Waals surface area (Å²) in [5, 5.41) is 13.8. The van der Waals surface area contributed by atoms with E-state index in [4.69, 9.17) is 4.74 Å². The Morgan fingerprint density at radius 1 is 1.30 bits per heavy atom. The average Bonchev–Trinajstić information content (AvgIpc) is 3.04. The Hall–Kier alpha value is -3.35. The minimum Gasteiger partial charge on any atom is -0.504 e. The van der Waals surface area contributed by atoms with E-state index in [0.29, 0.717) is 24.3 Å². The minimum absolute atomic E-state index is 0.0478. The molecule has 3 rings (SSSR count). The number of likely N-dealkylation sites (tertiary alicyclic amines) is 1. The first kappa shape index (κ1) is 18.4. The van der Waals surface area contributed by atoms with Crippen LogP contribution in [0.3, 0.4) is 0 Å². The third-order valence-corrected chi connectivity index (χ3v) is 4.46. The van der Waals surface area contributed by atoms with Crippen LogP contribution in [0.2, 0.25) is 0 Å². The van der Waals surface area contributed by atoms with Gasteiger partial charge >= 0.3 is 0 Å². The zero-order valence-corrected chi connectivity index (χ0v) is 15.0. The van der Waals surface area contributed by atoms with E-state index in [1.807, 2.05) is 30.3 Å². The lowest BCUT2D eigenvalue weighted by atomic mass is 9.99. The fourth-order valence-electron chi connectivity index (χ4n) is 3.06. The number of para-hydroxylation sites is 1. The van der Waals surface area contributed by atoms with Crippen molar-refractivity contribution in [1.82, 2.24) is 10.3 Å². The number of hydrogen-bond donors (Lipinski definition) is 2. The molecule has 2 aromatic rings. The second-order valence-electron chi connectivity index (χ2n) is 6.28. The number of hydrazone groups is 1. The molecule has 0 bridgehead atoms. The maximum absolute atomic E-state index is 12.2. The molecule has 1 aliphatic heterocycles. The van der Waals surface area contributed by atoms with Crippen molar-refractivity contribution < 1.29 is 19.4 Å². The predicted octanol–water partition coefficient (Wildman–Crippen LogP) is 1.87. The van der Waals surface area contributed by atoms with E-state index >= 15 is 0 Å². The van der Waals surface area contributed by atoms with E-state index < -0.39 is 5.91 Å². The molecule has 7 nitrogen and oxygen atoms in total. The summed E-state index contributed by atoms with van der Waals surface area (Å²) in [5.74, 6) is -0.0776. The van der Waals surface area contributed by atoms with Gasteiger partial charge in [-0.2, -0.15) is 5.10 Å². The van der Waals surface area contributed by atoms with Gasteiger partial charge in [-0.25, -0.2) is 5.43 Å². The van der Waals surface area contributed by atoms with Crippen molar-refractivity contribution in [3.05, 3.63) is 59.7 Å². The second kappa shape index (κ2) is 8.35. The van der Waals surface area contributed by atoms with Crippen LogP contribution in [0.4, 0.5) is 0 Å². The van der Waals surface area contributed by atoms with Crippen LogP contribution >= 0.6 is 0 Å². The molecule has 1 fully saturated rings. The number of carbonyl (C=O) groups is 2. The van der Waals surface area contributed by atoms with Crippen molar-refractivity contribution in [2.75, 3.05) is 20.2 Å². The Morgan fingerprint density at radius 3 is 2.81 bits per heavy atom. The number of rotatable bonds is 6. The molecule has 0 spiro atoms. The molecular formula is C20H21N3O4. The molecule has 2 amide bonds. The van der Waals surface area contributed by atoms with Gasteiger partial charge in [0, 0.05) is 24.4 Å². The number of hydrogen-bond acceptors (Lipinski definition) is 5. The predicted molar refractivity (Wildman–Crippen MR) is 101 cm³/mol. The SMILES string of the molecule is COc1cccc(/C=N\NC(=O)CN2C[C@@H](c3ccccc3)CC2=O)c1O. The van der Waals surface area contributed by atoms with E-state index in [1.165, 1.54) is 18.2 Å². The highest BCUT2D eigenvalue weighted by molar-refractivity contribution is 5.88. The van der Waals surface area contributed by atoms with Gasteiger partial charge in [-0.3, -0.25) is 9.59 Å². The Labute approximate surface area is 157 Å². The molecule has 2 aromatic carbocycles. The topological polar surface area (TPSA) is 91.2 Å². The van der Waals surface area contributed by atoms with Crippen LogP contribution in [0.5, 0.6) is 11.5 Å². The summed E-state index contributed by atoms with van der Waals surface area (Å²) in [6, 6.07) is 14.8. The minimum atomic E-state index is -0.393. The second-order valence-corrected chi connectivity index (χ2v) is 6.28. The largest absolute Gasteiger partial charge is 0.504 e. The number of nitrogens with one attached hydrogen (secondary N) is 1. The number of ether oxygens (including phenoxy) is 1. The zero-order valence-electron chi connectivity index (χ0n) is 15.0. The number of phenols is 1. The zero-order chi connectivity index (χ0) is 19.2. The molecule has 7 heteroatoms. The lowest BCUT2D eigenvalue weighted by molar-refractivity contribution is -0.133. The number of amides is 2. The number of methoxy groups -OCH3 is 1. The van der Waals surface area contributed by atoms with E-state index in [-0.39, 0.29) is 24.1 Å². The summed E-state index contributed by atoms with van der Waals surface area (Å²) < 4.78 is 5.02. The quantitative estimate of drug-likeness (QED) is 0.602. The highest BCUT2D eigenvalue weighted by atomic mass is 16.5. The molecular weight excluding hydrogens is 346 g/mol. The van der Waals surface area contributed by atoms with Crippen molar-refractivity contribution in [2.24, 2.45) is 5.10 Å². The molecule has 1 heterocycles. The van der Waals surface area contributed by atoms with Crippen molar-refractivity contribution in [2.45, 2.75) is 12.3 Å². The summed E-state index contributed by atoms with van der Waals surface area (Å²) in [6.07, 6.45) is 1.73. The van der Waals surface area contributed by atoms with Crippen molar-refractivity contribution in [3.8, 4) is 11.5 Å². The average molecular weight is 367 g/mol. The van der Waals surface area contributed by atoms with Crippen LogP contribution in [-0.2, 0) is 9.59 Å². The normalized spacial score (nSPS) is 16.7. The summed E-state index contributed by atoms with van der Waals surface area (Å²) in [6.45, 7) is 0.459. The van der Waals surface area contributed by atoms with E-state index in [2.05, 4.69) is 10.5 Å². The van der Waals surface area contributed by atoms with Crippen LogP contribution in [0.1, 0.15) is 23.5 Å². The maximum atomic E-state index is 12.2. The van der Waals surface area contributed by atoms with Crippen LogP contribution in [0.25, 0.3) is 0 Å². The smallest absolute Gasteiger partial charge is 0.259 e. The Morgan fingerprint density at radius 2 is 2.07 bits per heavy atom. The maximum Gasteiger partial charge on any atom is 0.259 e. The molecule has 0 radical (unpaired) electrons. The molecule has 1 atom stereocenters. The van der Waals surface area contributed by atoms with Gasteiger partial charge < -0.3 is 14.7 Å². The van der Waals surface area contributed by atoms with Crippen LogP contribution in [0.15, 0.2) is 53.6 Å². The van der Waals surface area contributed by atoms with Crippen LogP contribution in [-0.4, -0.2) is 48.2 Å². The molecule has 1 saturated heterocycles. The molecule has 140 valence electrons. The lowest BCUT2D eigenvalue weighted by Gasteiger charge is -2.15. The Balaban J connectivity index is 1.54. The third kappa shape index (κ3) is 4.44. The van der Waals surface area contributed by atoms with Crippen molar-refractivity contribution >= 4 is 18.0 Å². The number of benzene rings is 2. The lowest BCUT2D eigenvalue weighted by Crippen LogP contribution is -2.36. The molecule has 0 saturated carbocycles. The standard InChI is InChI=1S/C20H21N3O4/c1-27-17-9-5-8-15(20(17)26)11-21-22-18(24)13-23-12-16(10-19(23)25)14-6-3-2-4-7-14/h2-9,11,16,26H,10,12-13H2,1H3,(H,22,24)/b21-11-/t16-/m0/s1. The highest BCUT2D eigenvalue weighted by Crippen LogP contribution is 2.28. The van der Waals surface area contributed by atoms with Gasteiger partial charge in [0.2, 0.25) is 5.91 Å². The molecule has 1 aliphatic rings. The van der Waals surface area contributed by atoms with Crippen molar-refractivity contribution in [1.29, 1.82) is 0 Å². The fraction of sp³-hybridized carbons (Fsp3) is 0.250. The number of carbonyl (C=O) groups excluding carboxylic acids is 2. The summed E-state index contributed by atoms with van der Waals surface area (Å²) in [5.41, 5.74) is 3.89. The number of nitrogens with zero attached hydrogens (tertiary/aromatic N) is 2. The van der Waals surface area contributed by atoms with Crippen molar-refractivity contribution in [3.63, 3.8) is 0 Å². The highest BCUT2D eigenvalue weighted by Gasteiger charge is 2.31. The van der Waals surface area contributed by atoms with Gasteiger partial charge in [-0.1, -0.05) is 36.4 Å². The first-order chi connectivity index (χ1) is 13.1. The summed E-state index contributed by atoms with van der Waals surface area (Å²) in [4.78, 5) is 25.8. The first-order valence-electron chi connectivity index (χ1n) is 8.59. The molecule has 27 heavy (non-hydrogen) atoms. The molecule has 0 unspecified atom stereocenters. The Bertz CT molecular complexity index is 852. The van der Waals surface area contributed by atoms with Gasteiger partial charge in [0.05, 0.1) is 13.3 Å². The van der Waals surface area contributed by atoms with Gasteiger partial charge in [-0.05, 0) is 17.7 Å². The van der Waals surface area contributed by atoms with Crippen LogP contribution < -0.4 is 10.2 Å². The van der Waals surface area contributed by atoms with Gasteiger partial charge in [0.15, 0.2) is 11.5 Å². The fourth-order valence-corrected chi connectivity index (χ4v) is 3.06. The summed E-state index contributed by atoms with van der Waals surface area (Å²) >= 11 is 0. The van der Waals surface area contributed by atoms with Gasteiger partial charge in [0.1, 0.15) is 6.54 Å². The van der Waals surface area contributed by atoms with E-state index in [9.17, 15) is 14.7 Å². The number of aromatic hydroxyl groups is 1. The van der Waals surface area contributed by atoms with Gasteiger partial charge in [-0.15, -0.1) is 0 Å². The van der Waals surface area contributed by atoms with E-state index in [1.54, 1.807) is 18.2 Å². The summed E-state index contributed by atoms with van der Waals surface area (Å²) in [7, 11) is 1.45. The van der Waals surface area contributed by atoms with Crippen LogP contribution in [0, 0.1) is 0 Å². The molecule has 0 aromatic heterocycles. The monoisotopic (exact) mass is 367 g/mol. The molecule has 2 N–H and O–H groups in total. The van der Waals surface area contributed by atoms with E-state index in [0.717, 1.165) is 5.56 Å². The first-order valence-corrected chi connectivity index (χ1v) is 8.59.